The highest BCUT2D eigenvalue weighted by Crippen LogP contribution is 2.23. The number of carbonyl (C=O) groups is 1. The number of carboxylic acids is 1. The van der Waals surface area contributed by atoms with E-state index in [-0.39, 0.29) is 0 Å². The molecule has 0 aliphatic carbocycles. The van der Waals surface area contributed by atoms with Crippen molar-refractivity contribution < 1.29 is 9.90 Å². The zero-order valence-electron chi connectivity index (χ0n) is 9.23. The molecule has 2 heteroatoms. The summed E-state index contributed by atoms with van der Waals surface area (Å²) in [7, 11) is 0. The maximum absolute atomic E-state index is 11.3. The van der Waals surface area contributed by atoms with Gasteiger partial charge in [0.05, 0.1) is 5.56 Å². The van der Waals surface area contributed by atoms with Gasteiger partial charge in [-0.2, -0.15) is 0 Å². The Morgan fingerprint density at radius 3 is 2.62 bits per heavy atom. The normalized spacial score (nSPS) is 10.6. The zero-order valence-corrected chi connectivity index (χ0v) is 9.23. The minimum Gasteiger partial charge on any atom is -0.478 e. The van der Waals surface area contributed by atoms with Gasteiger partial charge in [0, 0.05) is 0 Å². The molecule has 0 aromatic heterocycles. The molecule has 0 saturated heterocycles. The summed E-state index contributed by atoms with van der Waals surface area (Å²) in [6.45, 7) is 2.06. The third kappa shape index (κ3) is 1.78. The quantitative estimate of drug-likeness (QED) is 0.849. The van der Waals surface area contributed by atoms with Gasteiger partial charge in [0.2, 0.25) is 0 Å². The Morgan fingerprint density at radius 1 is 1.19 bits per heavy atom. The maximum Gasteiger partial charge on any atom is 0.336 e. The Labute approximate surface area is 94.5 Å². The summed E-state index contributed by atoms with van der Waals surface area (Å²) in [5, 5.41) is 11.1. The summed E-state index contributed by atoms with van der Waals surface area (Å²) in [5.41, 5.74) is 1.38. The fourth-order valence-electron chi connectivity index (χ4n) is 2.05. The molecule has 0 amide bonds. The van der Waals surface area contributed by atoms with Gasteiger partial charge < -0.3 is 5.11 Å². The third-order valence-corrected chi connectivity index (χ3v) is 2.75. The van der Waals surface area contributed by atoms with Gasteiger partial charge in [-0.3, -0.25) is 0 Å². The molecule has 1 N–H and O–H groups in total. The third-order valence-electron chi connectivity index (χ3n) is 2.75. The second-order valence-corrected chi connectivity index (χ2v) is 3.88. The number of carboxylic acid groups (broad SMARTS) is 1. The van der Waals surface area contributed by atoms with Crippen molar-refractivity contribution in [1.82, 2.24) is 0 Å². The summed E-state index contributed by atoms with van der Waals surface area (Å²) < 4.78 is 0. The molecule has 0 atom stereocenters. The lowest BCUT2D eigenvalue weighted by Crippen LogP contribution is -2.03. The molecule has 0 bridgehead atoms. The van der Waals surface area contributed by atoms with E-state index in [1.165, 1.54) is 0 Å². The van der Waals surface area contributed by atoms with Crippen molar-refractivity contribution in [1.29, 1.82) is 0 Å². The molecule has 0 unspecified atom stereocenters. The summed E-state index contributed by atoms with van der Waals surface area (Å²) in [4.78, 5) is 11.3. The summed E-state index contributed by atoms with van der Waals surface area (Å²) in [5.74, 6) is -0.833. The van der Waals surface area contributed by atoms with Crippen LogP contribution in [0.5, 0.6) is 0 Å². The van der Waals surface area contributed by atoms with Crippen LogP contribution in [0.3, 0.4) is 0 Å². The number of aryl methyl sites for hydroxylation is 1. The Bertz CT molecular complexity index is 529. The average Bonchev–Trinajstić information content (AvgIpc) is 2.28. The van der Waals surface area contributed by atoms with Gasteiger partial charge in [-0.25, -0.2) is 4.79 Å². The van der Waals surface area contributed by atoms with Crippen molar-refractivity contribution in [3.05, 3.63) is 47.5 Å². The van der Waals surface area contributed by atoms with E-state index in [1.807, 2.05) is 36.4 Å². The van der Waals surface area contributed by atoms with Crippen LogP contribution in [0.15, 0.2) is 36.4 Å². The number of benzene rings is 2. The Hall–Kier alpha value is -1.83. The first-order chi connectivity index (χ1) is 7.74. The molecular formula is C14H14O2. The Morgan fingerprint density at radius 2 is 1.94 bits per heavy atom. The smallest absolute Gasteiger partial charge is 0.336 e. The molecule has 0 spiro atoms. The van der Waals surface area contributed by atoms with Crippen LogP contribution in [-0.2, 0) is 6.42 Å². The molecule has 0 aliphatic heterocycles. The van der Waals surface area contributed by atoms with E-state index in [0.29, 0.717) is 5.56 Å². The molecule has 0 fully saturated rings. The van der Waals surface area contributed by atoms with E-state index in [9.17, 15) is 9.90 Å². The molecular weight excluding hydrogens is 200 g/mol. The monoisotopic (exact) mass is 214 g/mol. The van der Waals surface area contributed by atoms with Crippen molar-refractivity contribution in [3.63, 3.8) is 0 Å². The van der Waals surface area contributed by atoms with Crippen molar-refractivity contribution in [2.24, 2.45) is 0 Å². The molecule has 16 heavy (non-hydrogen) atoms. The standard InChI is InChI=1S/C14H14O2/c1-2-5-11-9-8-10-6-3-4-7-12(10)13(11)14(15)16/h3-4,6-9H,2,5H2,1H3,(H,15,16). The topological polar surface area (TPSA) is 37.3 Å². The van der Waals surface area contributed by atoms with Crippen LogP contribution in [0.2, 0.25) is 0 Å². The van der Waals surface area contributed by atoms with Crippen LogP contribution in [-0.4, -0.2) is 11.1 Å². The highest BCUT2D eigenvalue weighted by molar-refractivity contribution is 6.05. The fourth-order valence-corrected chi connectivity index (χ4v) is 2.05. The van der Waals surface area contributed by atoms with E-state index >= 15 is 0 Å². The first-order valence-electron chi connectivity index (χ1n) is 5.48. The molecule has 2 aromatic rings. The van der Waals surface area contributed by atoms with Crippen molar-refractivity contribution in [2.45, 2.75) is 19.8 Å². The first-order valence-corrected chi connectivity index (χ1v) is 5.48. The lowest BCUT2D eigenvalue weighted by molar-refractivity contribution is 0.0698. The van der Waals surface area contributed by atoms with Crippen LogP contribution >= 0.6 is 0 Å². The number of aromatic carboxylic acids is 1. The van der Waals surface area contributed by atoms with Gasteiger partial charge in [0.15, 0.2) is 0 Å². The molecule has 2 nitrogen and oxygen atoms in total. The maximum atomic E-state index is 11.3. The number of fused-ring (bicyclic) bond motifs is 1. The van der Waals surface area contributed by atoms with Gasteiger partial charge in [0.1, 0.15) is 0 Å². The number of hydrogen-bond donors (Lipinski definition) is 1. The molecule has 82 valence electrons. The van der Waals surface area contributed by atoms with Gasteiger partial charge in [-0.05, 0) is 22.8 Å². The predicted octanol–water partition coefficient (Wildman–Crippen LogP) is 3.49. The van der Waals surface area contributed by atoms with Gasteiger partial charge >= 0.3 is 5.97 Å². The van der Waals surface area contributed by atoms with Crippen molar-refractivity contribution >= 4 is 16.7 Å². The summed E-state index contributed by atoms with van der Waals surface area (Å²) in [6, 6.07) is 11.5. The second kappa shape index (κ2) is 4.35. The van der Waals surface area contributed by atoms with E-state index in [1.54, 1.807) is 0 Å². The van der Waals surface area contributed by atoms with Crippen LogP contribution in [0, 0.1) is 0 Å². The van der Waals surface area contributed by atoms with Crippen LogP contribution in [0.4, 0.5) is 0 Å². The van der Waals surface area contributed by atoms with Crippen LogP contribution in [0.1, 0.15) is 29.3 Å². The Kier molecular flexibility index (Phi) is 2.91. The number of hydrogen-bond acceptors (Lipinski definition) is 1. The molecule has 0 radical (unpaired) electrons. The minimum atomic E-state index is -0.833. The predicted molar refractivity (Wildman–Crippen MR) is 64.9 cm³/mol. The van der Waals surface area contributed by atoms with E-state index in [2.05, 4.69) is 6.92 Å². The van der Waals surface area contributed by atoms with Crippen molar-refractivity contribution in [2.75, 3.05) is 0 Å². The fraction of sp³-hybridized carbons (Fsp3) is 0.214. The van der Waals surface area contributed by atoms with E-state index in [4.69, 9.17) is 0 Å². The molecule has 0 saturated carbocycles. The molecule has 2 aromatic carbocycles. The van der Waals surface area contributed by atoms with Gasteiger partial charge in [-0.1, -0.05) is 49.7 Å². The molecule has 0 aliphatic rings. The van der Waals surface area contributed by atoms with Crippen LogP contribution < -0.4 is 0 Å². The first kappa shape index (κ1) is 10.7. The minimum absolute atomic E-state index is 0.458. The lowest BCUT2D eigenvalue weighted by atomic mass is 9.96. The zero-order chi connectivity index (χ0) is 11.5. The largest absolute Gasteiger partial charge is 0.478 e. The lowest BCUT2D eigenvalue weighted by Gasteiger charge is -2.08. The van der Waals surface area contributed by atoms with Crippen molar-refractivity contribution in [3.8, 4) is 0 Å². The van der Waals surface area contributed by atoms with E-state index in [0.717, 1.165) is 29.2 Å². The summed E-state index contributed by atoms with van der Waals surface area (Å²) >= 11 is 0. The van der Waals surface area contributed by atoms with Gasteiger partial charge in [0.25, 0.3) is 0 Å². The second-order valence-electron chi connectivity index (χ2n) is 3.88. The van der Waals surface area contributed by atoms with E-state index < -0.39 is 5.97 Å². The van der Waals surface area contributed by atoms with Gasteiger partial charge in [-0.15, -0.1) is 0 Å². The molecule has 2 rings (SSSR count). The summed E-state index contributed by atoms with van der Waals surface area (Å²) in [6.07, 6.45) is 1.77. The highest BCUT2D eigenvalue weighted by Gasteiger charge is 2.13. The SMILES string of the molecule is CCCc1ccc2ccccc2c1C(=O)O. The number of rotatable bonds is 3. The highest BCUT2D eigenvalue weighted by atomic mass is 16.4. The average molecular weight is 214 g/mol. The molecule has 0 heterocycles. The van der Waals surface area contributed by atoms with Crippen LogP contribution in [0.25, 0.3) is 10.8 Å². The Balaban J connectivity index is 2.73.